The summed E-state index contributed by atoms with van der Waals surface area (Å²) in [6.45, 7) is 2.91. The molecule has 1 atom stereocenters. The Morgan fingerprint density at radius 1 is 1.14 bits per heavy atom. The van der Waals surface area contributed by atoms with Gasteiger partial charge in [0.15, 0.2) is 0 Å². The van der Waals surface area contributed by atoms with E-state index in [9.17, 15) is 0 Å². The quantitative estimate of drug-likeness (QED) is 0.879. The van der Waals surface area contributed by atoms with Crippen LogP contribution in [0.1, 0.15) is 36.9 Å². The second-order valence-corrected chi connectivity index (χ2v) is 5.63. The van der Waals surface area contributed by atoms with Gasteiger partial charge in [0, 0.05) is 6.04 Å². The third kappa shape index (κ3) is 2.81. The molecule has 2 aromatic rings. The smallest absolute Gasteiger partial charge is 0.119 e. The Morgan fingerprint density at radius 3 is 2.67 bits per heavy atom. The number of hydrogen-bond donors (Lipinski definition) is 1. The van der Waals surface area contributed by atoms with Gasteiger partial charge >= 0.3 is 0 Å². The topological polar surface area (TPSA) is 21.3 Å². The highest BCUT2D eigenvalue weighted by atomic mass is 16.5. The molecular weight excluding hydrogens is 258 g/mol. The number of benzene rings is 2. The van der Waals surface area contributed by atoms with E-state index in [2.05, 4.69) is 54.7 Å². The van der Waals surface area contributed by atoms with E-state index in [-0.39, 0.29) is 0 Å². The van der Waals surface area contributed by atoms with E-state index in [1.54, 1.807) is 0 Å². The molecule has 2 aromatic carbocycles. The summed E-state index contributed by atoms with van der Waals surface area (Å²) in [5.41, 5.74) is 5.61. The zero-order valence-electron chi connectivity index (χ0n) is 12.9. The Labute approximate surface area is 127 Å². The summed E-state index contributed by atoms with van der Waals surface area (Å²) in [5, 5.41) is 3.41. The van der Waals surface area contributed by atoms with E-state index < -0.39 is 0 Å². The maximum absolute atomic E-state index is 5.66. The number of ether oxygens (including phenoxy) is 1. The molecule has 0 aliphatic heterocycles. The molecule has 0 heterocycles. The lowest BCUT2D eigenvalue weighted by Crippen LogP contribution is -2.12. The van der Waals surface area contributed by atoms with Crippen molar-refractivity contribution >= 4 is 0 Å². The minimum atomic E-state index is 0.507. The highest BCUT2D eigenvalue weighted by Gasteiger charge is 2.23. The van der Waals surface area contributed by atoms with Gasteiger partial charge in [0.2, 0.25) is 0 Å². The van der Waals surface area contributed by atoms with E-state index in [0.29, 0.717) is 6.04 Å². The molecule has 0 radical (unpaired) electrons. The second kappa shape index (κ2) is 6.31. The third-order valence-corrected chi connectivity index (χ3v) is 4.26. The lowest BCUT2D eigenvalue weighted by molar-refractivity contribution is 0.317. The van der Waals surface area contributed by atoms with Crippen molar-refractivity contribution in [3.63, 3.8) is 0 Å². The van der Waals surface area contributed by atoms with Crippen molar-refractivity contribution in [3.8, 4) is 16.9 Å². The first-order valence-electron chi connectivity index (χ1n) is 7.85. The Kier molecular flexibility index (Phi) is 4.26. The van der Waals surface area contributed by atoms with E-state index in [1.165, 1.54) is 28.7 Å². The van der Waals surface area contributed by atoms with Gasteiger partial charge in [0.05, 0.1) is 6.61 Å². The monoisotopic (exact) mass is 281 g/mol. The normalized spacial score (nSPS) is 16.8. The van der Waals surface area contributed by atoms with Gasteiger partial charge in [-0.3, -0.25) is 0 Å². The van der Waals surface area contributed by atoms with Crippen LogP contribution in [-0.2, 0) is 6.42 Å². The SMILES string of the molecule is CCCOc1ccc(-c2cccc3c2CCC3NC)cc1. The van der Waals surface area contributed by atoms with Crippen LogP contribution in [0.15, 0.2) is 42.5 Å². The Morgan fingerprint density at radius 2 is 1.95 bits per heavy atom. The van der Waals surface area contributed by atoms with Crippen molar-refractivity contribution < 1.29 is 4.74 Å². The Balaban J connectivity index is 1.89. The van der Waals surface area contributed by atoms with Gasteiger partial charge in [-0.2, -0.15) is 0 Å². The molecule has 1 N–H and O–H groups in total. The number of hydrogen-bond acceptors (Lipinski definition) is 2. The van der Waals surface area contributed by atoms with Crippen molar-refractivity contribution in [1.82, 2.24) is 5.32 Å². The maximum atomic E-state index is 5.66. The summed E-state index contributed by atoms with van der Waals surface area (Å²) in [6, 6.07) is 15.7. The predicted octanol–water partition coefficient (Wildman–Crippen LogP) is 4.35. The van der Waals surface area contributed by atoms with Crippen LogP contribution in [0, 0.1) is 0 Å². The number of fused-ring (bicyclic) bond motifs is 1. The summed E-state index contributed by atoms with van der Waals surface area (Å²) in [5.74, 6) is 0.960. The van der Waals surface area contributed by atoms with Crippen LogP contribution in [0.25, 0.3) is 11.1 Å². The van der Waals surface area contributed by atoms with Crippen molar-refractivity contribution in [2.45, 2.75) is 32.2 Å². The molecule has 3 rings (SSSR count). The molecule has 0 spiro atoms. The minimum absolute atomic E-state index is 0.507. The molecule has 0 amide bonds. The Bertz CT molecular complexity index is 603. The predicted molar refractivity (Wildman–Crippen MR) is 87.8 cm³/mol. The molecule has 0 fully saturated rings. The third-order valence-electron chi connectivity index (χ3n) is 4.26. The van der Waals surface area contributed by atoms with Crippen LogP contribution in [0.5, 0.6) is 5.75 Å². The highest BCUT2D eigenvalue weighted by molar-refractivity contribution is 5.70. The zero-order chi connectivity index (χ0) is 14.7. The molecule has 2 nitrogen and oxygen atoms in total. The fourth-order valence-corrected chi connectivity index (χ4v) is 3.18. The van der Waals surface area contributed by atoms with Crippen molar-refractivity contribution in [2.75, 3.05) is 13.7 Å². The maximum Gasteiger partial charge on any atom is 0.119 e. The first-order valence-corrected chi connectivity index (χ1v) is 7.85. The Hall–Kier alpha value is -1.80. The van der Waals surface area contributed by atoms with E-state index in [0.717, 1.165) is 25.2 Å². The molecule has 0 bridgehead atoms. The van der Waals surface area contributed by atoms with Crippen LogP contribution < -0.4 is 10.1 Å². The van der Waals surface area contributed by atoms with Gasteiger partial charge in [-0.25, -0.2) is 0 Å². The number of nitrogens with one attached hydrogen (secondary N) is 1. The average Bonchev–Trinajstić information content (AvgIpc) is 2.96. The van der Waals surface area contributed by atoms with Crippen LogP contribution >= 0.6 is 0 Å². The summed E-state index contributed by atoms with van der Waals surface area (Å²) in [7, 11) is 2.05. The molecule has 1 unspecified atom stereocenters. The molecule has 1 aliphatic carbocycles. The van der Waals surface area contributed by atoms with Crippen molar-refractivity contribution in [2.24, 2.45) is 0 Å². The summed E-state index contributed by atoms with van der Waals surface area (Å²) >= 11 is 0. The van der Waals surface area contributed by atoms with E-state index in [1.807, 2.05) is 7.05 Å². The fraction of sp³-hybridized carbons (Fsp3) is 0.368. The van der Waals surface area contributed by atoms with E-state index in [4.69, 9.17) is 4.74 Å². The van der Waals surface area contributed by atoms with Crippen molar-refractivity contribution in [3.05, 3.63) is 53.6 Å². The molecule has 0 saturated carbocycles. The lowest BCUT2D eigenvalue weighted by Gasteiger charge is -2.13. The van der Waals surface area contributed by atoms with Gasteiger partial charge in [-0.1, -0.05) is 37.3 Å². The lowest BCUT2D eigenvalue weighted by atomic mass is 9.96. The fourth-order valence-electron chi connectivity index (χ4n) is 3.18. The van der Waals surface area contributed by atoms with Crippen molar-refractivity contribution in [1.29, 1.82) is 0 Å². The molecule has 2 heteroatoms. The average molecular weight is 281 g/mol. The minimum Gasteiger partial charge on any atom is -0.494 e. The highest BCUT2D eigenvalue weighted by Crippen LogP contribution is 2.37. The van der Waals surface area contributed by atoms with Crippen LogP contribution in [0.2, 0.25) is 0 Å². The van der Waals surface area contributed by atoms with Crippen LogP contribution in [-0.4, -0.2) is 13.7 Å². The standard InChI is InChI=1S/C19H23NO/c1-3-13-21-15-9-7-14(8-10-15)16-5-4-6-18-17(16)11-12-19(18)20-2/h4-10,19-20H,3,11-13H2,1-2H3. The molecular formula is C19H23NO. The second-order valence-electron chi connectivity index (χ2n) is 5.63. The summed E-state index contributed by atoms with van der Waals surface area (Å²) in [4.78, 5) is 0. The van der Waals surface area contributed by atoms with Gasteiger partial charge in [-0.15, -0.1) is 0 Å². The molecule has 21 heavy (non-hydrogen) atoms. The van der Waals surface area contributed by atoms with Gasteiger partial charge in [0.25, 0.3) is 0 Å². The summed E-state index contributed by atoms with van der Waals surface area (Å²) < 4.78 is 5.66. The largest absolute Gasteiger partial charge is 0.494 e. The molecule has 1 aliphatic rings. The molecule has 0 aromatic heterocycles. The number of rotatable bonds is 5. The summed E-state index contributed by atoms with van der Waals surface area (Å²) in [6.07, 6.45) is 3.39. The van der Waals surface area contributed by atoms with E-state index >= 15 is 0 Å². The van der Waals surface area contributed by atoms with Gasteiger partial charge in [0.1, 0.15) is 5.75 Å². The van der Waals surface area contributed by atoms with Gasteiger partial charge < -0.3 is 10.1 Å². The zero-order valence-corrected chi connectivity index (χ0v) is 12.9. The first kappa shape index (κ1) is 14.2. The van der Waals surface area contributed by atoms with Crippen LogP contribution in [0.3, 0.4) is 0 Å². The van der Waals surface area contributed by atoms with Crippen LogP contribution in [0.4, 0.5) is 0 Å². The molecule has 110 valence electrons. The molecule has 0 saturated heterocycles. The first-order chi connectivity index (χ1) is 10.3. The van der Waals surface area contributed by atoms with Gasteiger partial charge in [-0.05, 0) is 60.7 Å².